The zero-order valence-electron chi connectivity index (χ0n) is 19.0. The highest BCUT2D eigenvalue weighted by Crippen LogP contribution is 2.38. The number of rotatable bonds is 7. The van der Waals surface area contributed by atoms with Crippen molar-refractivity contribution in [1.29, 1.82) is 0 Å². The molecule has 0 spiro atoms. The van der Waals surface area contributed by atoms with Crippen LogP contribution in [0.4, 0.5) is 0 Å². The molecule has 33 heavy (non-hydrogen) atoms. The molecule has 2 aromatic rings. The van der Waals surface area contributed by atoms with E-state index in [2.05, 4.69) is 4.98 Å². The van der Waals surface area contributed by atoms with E-state index in [9.17, 15) is 14.7 Å². The highest BCUT2D eigenvalue weighted by Gasteiger charge is 2.44. The van der Waals surface area contributed by atoms with Gasteiger partial charge in [-0.15, -0.1) is 0 Å². The van der Waals surface area contributed by atoms with Gasteiger partial charge in [-0.1, -0.05) is 24.0 Å². The Kier molecular flexibility index (Phi) is 7.05. The minimum absolute atomic E-state index is 0.00655. The van der Waals surface area contributed by atoms with Crippen LogP contribution in [0.3, 0.4) is 0 Å². The summed E-state index contributed by atoms with van der Waals surface area (Å²) in [6.07, 6.45) is 3.24. The lowest BCUT2D eigenvalue weighted by Crippen LogP contribution is -3.14. The number of hydrogen-bond donors (Lipinski definition) is 1. The molecule has 8 nitrogen and oxygen atoms in total. The number of ether oxygens (including phenoxy) is 2. The first-order valence-corrected chi connectivity index (χ1v) is 11.3. The molecule has 0 aliphatic carbocycles. The van der Waals surface area contributed by atoms with Crippen molar-refractivity contribution in [1.82, 2.24) is 9.88 Å². The number of amides is 1. The van der Waals surface area contributed by atoms with Crippen LogP contribution in [0.15, 0.2) is 54.4 Å². The van der Waals surface area contributed by atoms with Crippen LogP contribution in [-0.4, -0.2) is 67.1 Å². The second kappa shape index (κ2) is 10.1. The van der Waals surface area contributed by atoms with Crippen molar-refractivity contribution in [2.45, 2.75) is 26.0 Å². The average molecular weight is 452 g/mol. The minimum atomic E-state index is -0.752. The molecule has 2 aliphatic heterocycles. The molecule has 1 atom stereocenters. The highest BCUT2D eigenvalue weighted by atomic mass is 16.5. The van der Waals surface area contributed by atoms with Gasteiger partial charge in [0.2, 0.25) is 5.78 Å². The first kappa shape index (κ1) is 22.9. The van der Waals surface area contributed by atoms with Gasteiger partial charge in [-0.25, -0.2) is 0 Å². The van der Waals surface area contributed by atoms with E-state index in [0.717, 1.165) is 13.1 Å². The molecule has 1 aromatic carbocycles. The average Bonchev–Trinajstić information content (AvgIpc) is 3.08. The summed E-state index contributed by atoms with van der Waals surface area (Å²) < 4.78 is 11.0. The number of Topliss-reactive ketones (excluding diaryl/α,β-unsaturated/α-hetero) is 1. The van der Waals surface area contributed by atoms with Crippen molar-refractivity contribution in [3.8, 4) is 5.75 Å². The molecule has 2 aliphatic rings. The SMILES string of the molecule is CC(C)Oc1ccc(/C([O-])=C2\C(=O)C(=O)N(CC[NH+]3CCOCC3)C2c2cccnc2)cc1. The Balaban J connectivity index is 1.67. The third-order valence-electron chi connectivity index (χ3n) is 5.92. The molecule has 0 radical (unpaired) electrons. The largest absolute Gasteiger partial charge is 0.872 e. The number of ketones is 1. The standard InChI is InChI=1S/C25H29N3O5/c1-17(2)33-20-7-5-18(6-8-20)23(29)21-22(19-4-3-9-26-16-19)28(25(31)24(21)30)11-10-27-12-14-32-15-13-27/h3-9,16-17,22,29H,10-15H2,1-2H3/b23-21+. The first-order chi connectivity index (χ1) is 16.0. The third-order valence-corrected chi connectivity index (χ3v) is 5.92. The molecule has 1 amide bonds. The quantitative estimate of drug-likeness (QED) is 0.362. The number of carbonyl (C=O) groups excluding carboxylic acids is 2. The summed E-state index contributed by atoms with van der Waals surface area (Å²) in [4.78, 5) is 33.1. The normalized spacial score (nSPS) is 21.1. The number of carbonyl (C=O) groups is 2. The lowest BCUT2D eigenvalue weighted by molar-refractivity contribution is -0.907. The molecule has 1 aromatic heterocycles. The Labute approximate surface area is 193 Å². The van der Waals surface area contributed by atoms with E-state index in [1.165, 1.54) is 9.80 Å². The summed E-state index contributed by atoms with van der Waals surface area (Å²) in [7, 11) is 0. The van der Waals surface area contributed by atoms with Crippen LogP contribution >= 0.6 is 0 Å². The van der Waals surface area contributed by atoms with E-state index in [4.69, 9.17) is 9.47 Å². The van der Waals surface area contributed by atoms with Crippen LogP contribution in [0, 0.1) is 0 Å². The van der Waals surface area contributed by atoms with Gasteiger partial charge in [0.1, 0.15) is 18.8 Å². The number of benzene rings is 1. The molecule has 1 unspecified atom stereocenters. The lowest BCUT2D eigenvalue weighted by Gasteiger charge is -2.30. The van der Waals surface area contributed by atoms with Crippen LogP contribution in [0.5, 0.6) is 5.75 Å². The number of aromatic nitrogens is 1. The Morgan fingerprint density at radius 3 is 2.58 bits per heavy atom. The number of quaternary nitrogens is 1. The summed E-state index contributed by atoms with van der Waals surface area (Å²) >= 11 is 0. The van der Waals surface area contributed by atoms with Crippen molar-refractivity contribution in [3.63, 3.8) is 0 Å². The van der Waals surface area contributed by atoms with Gasteiger partial charge in [0.15, 0.2) is 0 Å². The smallest absolute Gasteiger partial charge is 0.295 e. The molecule has 4 rings (SSSR count). The van der Waals surface area contributed by atoms with Gasteiger partial charge in [0, 0.05) is 18.0 Å². The molecule has 2 fully saturated rings. The Hall–Kier alpha value is -3.23. The number of nitrogens with one attached hydrogen (secondary N) is 1. The molecule has 174 valence electrons. The maximum absolute atomic E-state index is 13.5. The molecule has 0 saturated carbocycles. The topological polar surface area (TPSA) is 96.2 Å². The van der Waals surface area contributed by atoms with Crippen molar-refractivity contribution < 1.29 is 29.1 Å². The van der Waals surface area contributed by atoms with E-state index in [0.29, 0.717) is 43.2 Å². The lowest BCUT2D eigenvalue weighted by atomic mass is 9.96. The summed E-state index contributed by atoms with van der Waals surface area (Å²) in [5.41, 5.74) is 0.969. The molecular weight excluding hydrogens is 422 g/mol. The number of hydrogen-bond acceptors (Lipinski definition) is 6. The van der Waals surface area contributed by atoms with Gasteiger partial charge in [0.25, 0.3) is 5.91 Å². The maximum Gasteiger partial charge on any atom is 0.295 e. The fourth-order valence-electron chi connectivity index (χ4n) is 4.29. The van der Waals surface area contributed by atoms with Crippen molar-refractivity contribution in [2.24, 2.45) is 0 Å². The first-order valence-electron chi connectivity index (χ1n) is 11.3. The van der Waals surface area contributed by atoms with Crippen molar-refractivity contribution in [3.05, 3.63) is 65.5 Å². The Bertz CT molecular complexity index is 1010. The summed E-state index contributed by atoms with van der Waals surface area (Å²) in [5.74, 6) is -1.19. The third kappa shape index (κ3) is 5.07. The van der Waals surface area contributed by atoms with Gasteiger partial charge in [0.05, 0.1) is 38.4 Å². The predicted molar refractivity (Wildman–Crippen MR) is 119 cm³/mol. The molecule has 1 N–H and O–H groups in total. The molecule has 3 heterocycles. The maximum atomic E-state index is 13.5. The van der Waals surface area contributed by atoms with Gasteiger partial charge in [-0.05, 0) is 43.2 Å². The molecular formula is C25H29N3O5. The number of morpholine rings is 1. The van der Waals surface area contributed by atoms with E-state index in [-0.39, 0.29) is 11.7 Å². The van der Waals surface area contributed by atoms with Gasteiger partial charge < -0.3 is 24.4 Å². The number of nitrogens with zero attached hydrogens (tertiary/aromatic N) is 2. The summed E-state index contributed by atoms with van der Waals surface area (Å²) in [6, 6.07) is 9.45. The summed E-state index contributed by atoms with van der Waals surface area (Å²) in [6.45, 7) is 7.97. The van der Waals surface area contributed by atoms with E-state index < -0.39 is 23.5 Å². The summed E-state index contributed by atoms with van der Waals surface area (Å²) in [5, 5.41) is 13.5. The second-order valence-electron chi connectivity index (χ2n) is 8.56. The highest BCUT2D eigenvalue weighted by molar-refractivity contribution is 6.46. The van der Waals surface area contributed by atoms with Crippen LogP contribution in [-0.2, 0) is 14.3 Å². The fraction of sp³-hybridized carbons (Fsp3) is 0.400. The monoisotopic (exact) mass is 451 g/mol. The Morgan fingerprint density at radius 2 is 1.94 bits per heavy atom. The van der Waals surface area contributed by atoms with Crippen LogP contribution < -0.4 is 14.7 Å². The van der Waals surface area contributed by atoms with E-state index in [1.54, 1.807) is 48.8 Å². The Morgan fingerprint density at radius 1 is 1.21 bits per heavy atom. The van der Waals surface area contributed by atoms with Crippen LogP contribution in [0.25, 0.3) is 5.76 Å². The van der Waals surface area contributed by atoms with E-state index >= 15 is 0 Å². The molecule has 0 bridgehead atoms. The predicted octanol–water partition coefficient (Wildman–Crippen LogP) is 0.00790. The zero-order chi connectivity index (χ0) is 23.4. The van der Waals surface area contributed by atoms with Gasteiger partial charge in [-0.3, -0.25) is 14.6 Å². The van der Waals surface area contributed by atoms with Gasteiger partial charge >= 0.3 is 0 Å². The zero-order valence-corrected chi connectivity index (χ0v) is 19.0. The second-order valence-corrected chi connectivity index (χ2v) is 8.56. The van der Waals surface area contributed by atoms with Gasteiger partial charge in [-0.2, -0.15) is 0 Å². The van der Waals surface area contributed by atoms with Crippen LogP contribution in [0.2, 0.25) is 0 Å². The molecule has 8 heteroatoms. The van der Waals surface area contributed by atoms with Crippen LogP contribution in [0.1, 0.15) is 31.0 Å². The number of likely N-dealkylation sites (tertiary alicyclic amines) is 1. The van der Waals surface area contributed by atoms with Crippen molar-refractivity contribution in [2.75, 3.05) is 39.4 Å². The van der Waals surface area contributed by atoms with Crippen molar-refractivity contribution >= 4 is 17.4 Å². The minimum Gasteiger partial charge on any atom is -0.872 e. The number of pyridine rings is 1. The van der Waals surface area contributed by atoms with E-state index in [1.807, 2.05) is 13.8 Å². The molecule has 2 saturated heterocycles. The fourth-order valence-corrected chi connectivity index (χ4v) is 4.29.